The second kappa shape index (κ2) is 8.81. The highest BCUT2D eigenvalue weighted by Gasteiger charge is 2.30. The van der Waals surface area contributed by atoms with E-state index in [-0.39, 0.29) is 29.9 Å². The Bertz CT molecular complexity index is 952. The van der Waals surface area contributed by atoms with Gasteiger partial charge in [0.1, 0.15) is 0 Å². The van der Waals surface area contributed by atoms with Gasteiger partial charge in [-0.05, 0) is 29.6 Å². The van der Waals surface area contributed by atoms with Crippen molar-refractivity contribution in [1.29, 1.82) is 5.26 Å². The van der Waals surface area contributed by atoms with Crippen LogP contribution in [0.3, 0.4) is 0 Å². The first-order valence-corrected chi connectivity index (χ1v) is 10.4. The molecule has 9 heteroatoms. The smallest absolute Gasteiger partial charge is 0.234 e. The molecule has 1 aliphatic rings. The molecule has 1 atom stereocenters. The fourth-order valence-electron chi connectivity index (χ4n) is 2.57. The van der Waals surface area contributed by atoms with E-state index in [2.05, 4.69) is 16.7 Å². The Morgan fingerprint density at radius 1 is 1.37 bits per heavy atom. The van der Waals surface area contributed by atoms with Gasteiger partial charge in [0.25, 0.3) is 0 Å². The van der Waals surface area contributed by atoms with Crippen molar-refractivity contribution >= 4 is 63.8 Å². The second-order valence-corrected chi connectivity index (χ2v) is 8.42. The van der Waals surface area contributed by atoms with Crippen LogP contribution in [0.15, 0.2) is 46.3 Å². The van der Waals surface area contributed by atoms with Crippen LogP contribution >= 0.6 is 46.3 Å². The SMILES string of the molecule is N#CC1=C(SCC(=O)Nc2ccc(Cl)c(Cl)c2)NC(=O)CC1c1cccs1. The van der Waals surface area contributed by atoms with Crippen LogP contribution in [0.2, 0.25) is 10.0 Å². The van der Waals surface area contributed by atoms with Gasteiger partial charge in [0, 0.05) is 22.9 Å². The summed E-state index contributed by atoms with van der Waals surface area (Å²) in [6.07, 6.45) is 0.225. The molecule has 5 nitrogen and oxygen atoms in total. The fourth-order valence-corrected chi connectivity index (χ4v) is 4.59. The number of carbonyl (C=O) groups is 2. The summed E-state index contributed by atoms with van der Waals surface area (Å²) in [5.74, 6) is -0.682. The van der Waals surface area contributed by atoms with Gasteiger partial charge in [-0.25, -0.2) is 0 Å². The minimum Gasteiger partial charge on any atom is -0.325 e. The van der Waals surface area contributed by atoms with Gasteiger partial charge in [0.05, 0.1) is 32.5 Å². The Balaban J connectivity index is 1.71. The maximum atomic E-state index is 12.2. The lowest BCUT2D eigenvalue weighted by molar-refractivity contribution is -0.121. The number of rotatable bonds is 5. The maximum Gasteiger partial charge on any atom is 0.234 e. The highest BCUT2D eigenvalue weighted by atomic mass is 35.5. The molecule has 2 amide bonds. The number of nitrogens with zero attached hydrogens (tertiary/aromatic N) is 1. The summed E-state index contributed by atoms with van der Waals surface area (Å²) < 4.78 is 0. The molecular weight excluding hydrogens is 425 g/mol. The summed E-state index contributed by atoms with van der Waals surface area (Å²) in [5.41, 5.74) is 0.998. The molecule has 2 aromatic rings. The molecule has 2 N–H and O–H groups in total. The van der Waals surface area contributed by atoms with Crippen LogP contribution in [-0.2, 0) is 9.59 Å². The molecule has 0 saturated heterocycles. The monoisotopic (exact) mass is 437 g/mol. The number of thioether (sulfide) groups is 1. The van der Waals surface area contributed by atoms with Crippen molar-refractivity contribution in [2.24, 2.45) is 0 Å². The van der Waals surface area contributed by atoms with Crippen molar-refractivity contribution < 1.29 is 9.59 Å². The lowest BCUT2D eigenvalue weighted by Crippen LogP contribution is -2.31. The van der Waals surface area contributed by atoms with Crippen molar-refractivity contribution in [3.05, 3.63) is 61.2 Å². The molecule has 1 aromatic carbocycles. The van der Waals surface area contributed by atoms with E-state index < -0.39 is 0 Å². The molecule has 0 aliphatic carbocycles. The zero-order valence-corrected chi connectivity index (χ0v) is 16.9. The number of nitrogens with one attached hydrogen (secondary N) is 2. The fraction of sp³-hybridized carbons (Fsp3) is 0.167. The number of allylic oxidation sites excluding steroid dienone is 1. The van der Waals surface area contributed by atoms with E-state index in [4.69, 9.17) is 23.2 Å². The summed E-state index contributed by atoms with van der Waals surface area (Å²) in [4.78, 5) is 25.2. The molecule has 27 heavy (non-hydrogen) atoms. The number of halogens is 2. The van der Waals surface area contributed by atoms with Crippen molar-refractivity contribution in [2.45, 2.75) is 12.3 Å². The zero-order valence-electron chi connectivity index (χ0n) is 13.8. The molecular formula is C18H13Cl2N3O2S2. The Kier molecular flexibility index (Phi) is 6.45. The lowest BCUT2D eigenvalue weighted by Gasteiger charge is -2.23. The van der Waals surface area contributed by atoms with Gasteiger partial charge in [0.15, 0.2) is 0 Å². The number of anilines is 1. The summed E-state index contributed by atoms with van der Waals surface area (Å²) >= 11 is 14.4. The van der Waals surface area contributed by atoms with Crippen molar-refractivity contribution in [3.63, 3.8) is 0 Å². The Morgan fingerprint density at radius 2 is 2.19 bits per heavy atom. The van der Waals surface area contributed by atoms with Crippen molar-refractivity contribution in [2.75, 3.05) is 11.1 Å². The highest BCUT2D eigenvalue weighted by Crippen LogP contribution is 2.37. The number of benzene rings is 1. The minimum atomic E-state index is -0.282. The summed E-state index contributed by atoms with van der Waals surface area (Å²) in [5, 5.41) is 18.1. The molecule has 0 spiro atoms. The third-order valence-electron chi connectivity index (χ3n) is 3.79. The first-order valence-electron chi connectivity index (χ1n) is 7.83. The normalized spacial score (nSPS) is 16.6. The Morgan fingerprint density at radius 3 is 2.85 bits per heavy atom. The second-order valence-electron chi connectivity index (χ2n) is 5.64. The van der Waals surface area contributed by atoms with Gasteiger partial charge in [-0.3, -0.25) is 9.59 Å². The molecule has 0 fully saturated rings. The van der Waals surface area contributed by atoms with Crippen LogP contribution < -0.4 is 10.6 Å². The average molecular weight is 438 g/mol. The molecule has 2 heterocycles. The Hall–Kier alpha value is -1.98. The van der Waals surface area contributed by atoms with Gasteiger partial charge in [-0.15, -0.1) is 11.3 Å². The van der Waals surface area contributed by atoms with E-state index in [0.29, 0.717) is 26.3 Å². The number of carbonyl (C=O) groups excluding carboxylic acids is 2. The average Bonchev–Trinajstić information content (AvgIpc) is 3.17. The van der Waals surface area contributed by atoms with Gasteiger partial charge >= 0.3 is 0 Å². The van der Waals surface area contributed by atoms with Gasteiger partial charge in [-0.1, -0.05) is 41.0 Å². The zero-order chi connectivity index (χ0) is 19.4. The first kappa shape index (κ1) is 19.8. The van der Waals surface area contributed by atoms with Gasteiger partial charge < -0.3 is 10.6 Å². The molecule has 3 rings (SSSR count). The minimum absolute atomic E-state index is 0.0399. The summed E-state index contributed by atoms with van der Waals surface area (Å²) in [6, 6.07) is 10.8. The maximum absolute atomic E-state index is 12.2. The van der Waals surface area contributed by atoms with Crippen LogP contribution in [0.5, 0.6) is 0 Å². The first-order chi connectivity index (χ1) is 13.0. The van der Waals surface area contributed by atoms with Crippen LogP contribution in [0.25, 0.3) is 0 Å². The van der Waals surface area contributed by atoms with Crippen LogP contribution in [0, 0.1) is 11.3 Å². The number of hydrogen-bond acceptors (Lipinski definition) is 5. The third-order valence-corrected chi connectivity index (χ3v) is 6.54. The van der Waals surface area contributed by atoms with Gasteiger partial charge in [0.2, 0.25) is 11.8 Å². The third kappa shape index (κ3) is 4.85. The molecule has 138 valence electrons. The van der Waals surface area contributed by atoms with Gasteiger partial charge in [-0.2, -0.15) is 5.26 Å². The number of amides is 2. The van der Waals surface area contributed by atoms with E-state index in [1.54, 1.807) is 18.2 Å². The van der Waals surface area contributed by atoms with Crippen LogP contribution in [-0.4, -0.2) is 17.6 Å². The quantitative estimate of drug-likeness (QED) is 0.705. The number of nitriles is 1. The molecule has 1 unspecified atom stereocenters. The predicted octanol–water partition coefficient (Wildman–Crippen LogP) is 4.77. The molecule has 1 aliphatic heterocycles. The topological polar surface area (TPSA) is 82.0 Å². The van der Waals surface area contributed by atoms with E-state index in [9.17, 15) is 14.9 Å². The Labute approximate surface area is 174 Å². The molecule has 0 saturated carbocycles. The van der Waals surface area contributed by atoms with Crippen molar-refractivity contribution in [1.82, 2.24) is 5.32 Å². The van der Waals surface area contributed by atoms with Crippen molar-refractivity contribution in [3.8, 4) is 6.07 Å². The number of hydrogen-bond donors (Lipinski definition) is 2. The predicted molar refractivity (Wildman–Crippen MR) is 110 cm³/mol. The lowest BCUT2D eigenvalue weighted by atomic mass is 9.93. The highest BCUT2D eigenvalue weighted by molar-refractivity contribution is 8.03. The van der Waals surface area contributed by atoms with E-state index >= 15 is 0 Å². The van der Waals surface area contributed by atoms with E-state index in [0.717, 1.165) is 16.6 Å². The van der Waals surface area contributed by atoms with E-state index in [1.165, 1.54) is 11.3 Å². The number of thiophene rings is 1. The summed E-state index contributed by atoms with van der Waals surface area (Å²) in [6.45, 7) is 0. The standard InChI is InChI=1S/C18H13Cl2N3O2S2/c19-13-4-3-10(6-14(13)20)22-17(25)9-27-18-12(8-21)11(7-16(24)23-18)15-2-1-5-26-15/h1-6,11H,7,9H2,(H,22,25)(H,23,24). The molecule has 0 bridgehead atoms. The largest absolute Gasteiger partial charge is 0.325 e. The molecule has 0 radical (unpaired) electrons. The summed E-state index contributed by atoms with van der Waals surface area (Å²) in [7, 11) is 0. The van der Waals surface area contributed by atoms with E-state index in [1.807, 2.05) is 17.5 Å². The molecule has 1 aromatic heterocycles. The van der Waals surface area contributed by atoms with Crippen LogP contribution in [0.4, 0.5) is 5.69 Å². The van der Waals surface area contributed by atoms with Crippen LogP contribution in [0.1, 0.15) is 17.2 Å².